The van der Waals surface area contributed by atoms with E-state index in [-0.39, 0.29) is 0 Å². The molecule has 1 saturated carbocycles. The summed E-state index contributed by atoms with van der Waals surface area (Å²) in [6.45, 7) is 3.26. The fourth-order valence-corrected chi connectivity index (χ4v) is 4.33. The fraction of sp³-hybridized carbons (Fsp3) is 0.625. The Hall–Kier alpha value is -0.180. The number of rotatable bonds is 6. The van der Waals surface area contributed by atoms with E-state index in [2.05, 4.69) is 24.4 Å². The van der Waals surface area contributed by atoms with Gasteiger partial charge in [-0.15, -0.1) is 11.8 Å². The van der Waals surface area contributed by atoms with Crippen LogP contribution in [0.5, 0.6) is 0 Å². The lowest BCUT2D eigenvalue weighted by Crippen LogP contribution is -2.39. The predicted octanol–water partition coefficient (Wildman–Crippen LogP) is 4.99. The average molecular weight is 298 g/mol. The molecule has 0 spiro atoms. The number of hydrogen-bond donors (Lipinski definition) is 1. The van der Waals surface area contributed by atoms with Gasteiger partial charge in [-0.1, -0.05) is 49.9 Å². The van der Waals surface area contributed by atoms with E-state index in [1.54, 1.807) is 0 Å². The summed E-state index contributed by atoms with van der Waals surface area (Å²) in [7, 11) is 0. The van der Waals surface area contributed by atoms with Gasteiger partial charge in [0, 0.05) is 16.7 Å². The van der Waals surface area contributed by atoms with E-state index in [4.69, 9.17) is 11.6 Å². The highest BCUT2D eigenvalue weighted by molar-refractivity contribution is 7.99. The van der Waals surface area contributed by atoms with Gasteiger partial charge < -0.3 is 5.32 Å². The van der Waals surface area contributed by atoms with Crippen LogP contribution in [0.1, 0.15) is 39.0 Å². The Morgan fingerprint density at radius 2 is 2.00 bits per heavy atom. The number of thioether (sulfide) groups is 1. The Kier molecular flexibility index (Phi) is 6.55. The van der Waals surface area contributed by atoms with Crippen LogP contribution in [0.3, 0.4) is 0 Å². The van der Waals surface area contributed by atoms with Crippen molar-refractivity contribution < 1.29 is 0 Å². The normalized spacial score (nSPS) is 18.4. The first-order valence-corrected chi connectivity index (χ1v) is 8.78. The van der Waals surface area contributed by atoms with Crippen LogP contribution in [-0.2, 0) is 0 Å². The smallest absolute Gasteiger partial charge is 0.0541 e. The second-order valence-electron chi connectivity index (χ2n) is 5.30. The largest absolute Gasteiger partial charge is 0.313 e. The molecule has 1 atom stereocenters. The number of benzene rings is 1. The van der Waals surface area contributed by atoms with Gasteiger partial charge in [0.15, 0.2) is 0 Å². The Bertz CT molecular complexity index is 377. The van der Waals surface area contributed by atoms with Gasteiger partial charge in [-0.3, -0.25) is 0 Å². The minimum absolute atomic E-state index is 0.631. The summed E-state index contributed by atoms with van der Waals surface area (Å²) in [5, 5.41) is 4.56. The zero-order chi connectivity index (χ0) is 13.5. The van der Waals surface area contributed by atoms with Crippen LogP contribution in [0, 0.1) is 5.92 Å². The van der Waals surface area contributed by atoms with Gasteiger partial charge in [0.2, 0.25) is 0 Å². The summed E-state index contributed by atoms with van der Waals surface area (Å²) in [6.07, 6.45) is 7.02. The van der Waals surface area contributed by atoms with Crippen LogP contribution in [0.2, 0.25) is 5.02 Å². The van der Waals surface area contributed by atoms with Crippen molar-refractivity contribution in [2.24, 2.45) is 5.92 Å². The minimum atomic E-state index is 0.631. The average Bonchev–Trinajstić information content (AvgIpc) is 2.46. The molecule has 0 saturated heterocycles. The van der Waals surface area contributed by atoms with E-state index in [0.717, 1.165) is 23.2 Å². The number of nitrogens with one attached hydrogen (secondary N) is 1. The highest BCUT2D eigenvalue weighted by atomic mass is 35.5. The van der Waals surface area contributed by atoms with Crippen LogP contribution in [0.15, 0.2) is 29.2 Å². The predicted molar refractivity (Wildman–Crippen MR) is 86.2 cm³/mol. The molecule has 0 amide bonds. The first kappa shape index (κ1) is 15.2. The molecule has 1 fully saturated rings. The van der Waals surface area contributed by atoms with Crippen molar-refractivity contribution in [3.05, 3.63) is 29.3 Å². The highest BCUT2D eigenvalue weighted by Gasteiger charge is 2.23. The van der Waals surface area contributed by atoms with Crippen molar-refractivity contribution in [2.75, 3.05) is 12.3 Å². The van der Waals surface area contributed by atoms with Gasteiger partial charge in [-0.2, -0.15) is 0 Å². The molecule has 0 bridgehead atoms. The van der Waals surface area contributed by atoms with E-state index in [9.17, 15) is 0 Å². The van der Waals surface area contributed by atoms with Gasteiger partial charge in [-0.05, 0) is 37.4 Å². The molecule has 3 heteroatoms. The van der Waals surface area contributed by atoms with Crippen molar-refractivity contribution in [2.45, 2.75) is 50.0 Å². The van der Waals surface area contributed by atoms with E-state index >= 15 is 0 Å². The Labute approximate surface area is 126 Å². The molecule has 0 aliphatic heterocycles. The molecule has 106 valence electrons. The highest BCUT2D eigenvalue weighted by Crippen LogP contribution is 2.32. The molecule has 1 unspecified atom stereocenters. The Morgan fingerprint density at radius 3 is 2.68 bits per heavy atom. The molecule has 1 nitrogen and oxygen atoms in total. The van der Waals surface area contributed by atoms with E-state index < -0.39 is 0 Å². The van der Waals surface area contributed by atoms with Crippen molar-refractivity contribution in [1.29, 1.82) is 0 Å². The third-order valence-electron chi connectivity index (χ3n) is 3.94. The van der Waals surface area contributed by atoms with Gasteiger partial charge in [-0.25, -0.2) is 0 Å². The van der Waals surface area contributed by atoms with Crippen molar-refractivity contribution in [1.82, 2.24) is 5.32 Å². The van der Waals surface area contributed by atoms with Gasteiger partial charge in [0.05, 0.1) is 5.02 Å². The standard InChI is InChI=1S/C16H24ClNS/c1-2-18-15(13-8-4-3-5-9-13)12-19-16-11-7-6-10-14(16)17/h6-7,10-11,13,15,18H,2-5,8-9,12H2,1H3. The number of halogens is 1. The molecule has 0 aromatic heterocycles. The zero-order valence-corrected chi connectivity index (χ0v) is 13.3. The zero-order valence-electron chi connectivity index (χ0n) is 11.7. The van der Waals surface area contributed by atoms with Crippen LogP contribution in [0.4, 0.5) is 0 Å². The van der Waals surface area contributed by atoms with Crippen LogP contribution < -0.4 is 5.32 Å². The first-order valence-electron chi connectivity index (χ1n) is 7.42. The summed E-state index contributed by atoms with van der Waals surface area (Å²) in [5.41, 5.74) is 0. The second kappa shape index (κ2) is 8.18. The molecule has 0 heterocycles. The molecule has 1 N–H and O–H groups in total. The topological polar surface area (TPSA) is 12.0 Å². The molecule has 1 aromatic rings. The van der Waals surface area contributed by atoms with Crippen LogP contribution in [-0.4, -0.2) is 18.3 Å². The third kappa shape index (κ3) is 4.70. The molecule has 1 aliphatic carbocycles. The van der Waals surface area contributed by atoms with E-state index in [1.807, 2.05) is 23.9 Å². The van der Waals surface area contributed by atoms with Crippen LogP contribution in [0.25, 0.3) is 0 Å². The summed E-state index contributed by atoms with van der Waals surface area (Å²) in [4.78, 5) is 1.21. The molecule has 2 rings (SSSR count). The SMILES string of the molecule is CCNC(CSc1ccccc1Cl)C1CCCCC1. The summed E-state index contributed by atoms with van der Waals surface area (Å²) in [6, 6.07) is 8.79. The maximum absolute atomic E-state index is 6.23. The minimum Gasteiger partial charge on any atom is -0.313 e. The lowest BCUT2D eigenvalue weighted by molar-refractivity contribution is 0.288. The first-order chi connectivity index (χ1) is 9.31. The summed E-state index contributed by atoms with van der Waals surface area (Å²) < 4.78 is 0. The lowest BCUT2D eigenvalue weighted by atomic mass is 9.84. The van der Waals surface area contributed by atoms with Gasteiger partial charge >= 0.3 is 0 Å². The molecular formula is C16H24ClNS. The fourth-order valence-electron chi connectivity index (χ4n) is 2.90. The maximum atomic E-state index is 6.23. The molecular weight excluding hydrogens is 274 g/mol. The van der Waals surface area contributed by atoms with Crippen molar-refractivity contribution in [3.8, 4) is 0 Å². The van der Waals surface area contributed by atoms with Crippen molar-refractivity contribution in [3.63, 3.8) is 0 Å². The Morgan fingerprint density at radius 1 is 1.26 bits per heavy atom. The molecule has 19 heavy (non-hydrogen) atoms. The van der Waals surface area contributed by atoms with E-state index in [1.165, 1.54) is 37.0 Å². The quantitative estimate of drug-likeness (QED) is 0.742. The van der Waals surface area contributed by atoms with Gasteiger partial charge in [0.1, 0.15) is 0 Å². The maximum Gasteiger partial charge on any atom is 0.0541 e. The Balaban J connectivity index is 1.91. The van der Waals surface area contributed by atoms with Gasteiger partial charge in [0.25, 0.3) is 0 Å². The summed E-state index contributed by atoms with van der Waals surface area (Å²) in [5.74, 6) is 1.98. The van der Waals surface area contributed by atoms with E-state index in [0.29, 0.717) is 6.04 Å². The number of hydrogen-bond acceptors (Lipinski definition) is 2. The molecule has 1 aromatic carbocycles. The third-order valence-corrected chi connectivity index (χ3v) is 5.57. The van der Waals surface area contributed by atoms with Crippen molar-refractivity contribution >= 4 is 23.4 Å². The lowest BCUT2D eigenvalue weighted by Gasteiger charge is -2.30. The van der Waals surface area contributed by atoms with Crippen LogP contribution >= 0.6 is 23.4 Å². The monoisotopic (exact) mass is 297 g/mol. The molecule has 1 aliphatic rings. The molecule has 0 radical (unpaired) electrons. The second-order valence-corrected chi connectivity index (χ2v) is 6.77. The summed E-state index contributed by atoms with van der Waals surface area (Å²) >= 11 is 8.12.